The van der Waals surface area contributed by atoms with E-state index in [0.29, 0.717) is 6.42 Å². The number of hydrogen-bond donors (Lipinski definition) is 2. The van der Waals surface area contributed by atoms with Gasteiger partial charge in [0.05, 0.1) is 0 Å². The normalized spacial score (nSPS) is 12.4. The highest BCUT2D eigenvalue weighted by atomic mass is 32.2. The molecule has 0 aromatic carbocycles. The summed E-state index contributed by atoms with van der Waals surface area (Å²) in [7, 11) is 0. The molecule has 4 heteroatoms. The number of carbonyl (C=O) groups is 1. The first-order valence-corrected chi connectivity index (χ1v) is 11.4. The lowest BCUT2D eigenvalue weighted by molar-refractivity contribution is -0.138. The monoisotopic (exact) mass is 359 g/mol. The molecule has 0 aromatic heterocycles. The van der Waals surface area contributed by atoms with Gasteiger partial charge >= 0.3 is 5.97 Å². The van der Waals surface area contributed by atoms with Gasteiger partial charge in [0.2, 0.25) is 0 Å². The van der Waals surface area contributed by atoms with Gasteiger partial charge in [-0.1, -0.05) is 84.0 Å². The van der Waals surface area contributed by atoms with Gasteiger partial charge in [0.1, 0.15) is 6.04 Å². The molecule has 0 rings (SSSR count). The highest BCUT2D eigenvalue weighted by Gasteiger charge is 2.09. The van der Waals surface area contributed by atoms with Crippen molar-refractivity contribution in [1.82, 2.24) is 0 Å². The zero-order chi connectivity index (χ0) is 17.9. The maximum Gasteiger partial charge on any atom is 0.320 e. The molecule has 0 saturated carbocycles. The molecule has 0 aliphatic heterocycles. The Kier molecular flexibility index (Phi) is 18.9. The van der Waals surface area contributed by atoms with Crippen molar-refractivity contribution in [2.24, 2.45) is 5.73 Å². The molecule has 24 heavy (non-hydrogen) atoms. The van der Waals surface area contributed by atoms with Gasteiger partial charge in [0, 0.05) is 0 Å². The zero-order valence-electron chi connectivity index (χ0n) is 15.9. The van der Waals surface area contributed by atoms with Crippen LogP contribution in [0.2, 0.25) is 0 Å². The summed E-state index contributed by atoms with van der Waals surface area (Å²) in [6.45, 7) is 2.27. The molecule has 0 aliphatic carbocycles. The van der Waals surface area contributed by atoms with Crippen LogP contribution in [0.1, 0.15) is 103 Å². The van der Waals surface area contributed by atoms with Crippen LogP contribution >= 0.6 is 11.8 Å². The van der Waals surface area contributed by atoms with Crippen LogP contribution in [0, 0.1) is 0 Å². The van der Waals surface area contributed by atoms with E-state index in [0.717, 1.165) is 12.8 Å². The minimum absolute atomic E-state index is 0.612. The second kappa shape index (κ2) is 19.1. The fourth-order valence-electron chi connectivity index (χ4n) is 2.84. The van der Waals surface area contributed by atoms with E-state index in [2.05, 4.69) is 18.7 Å². The van der Waals surface area contributed by atoms with Crippen LogP contribution < -0.4 is 5.73 Å². The smallest absolute Gasteiger partial charge is 0.320 e. The molecule has 0 aliphatic rings. The first-order chi connectivity index (χ1) is 11.7. The fourth-order valence-corrected chi connectivity index (χ4v) is 3.86. The predicted molar refractivity (Wildman–Crippen MR) is 108 cm³/mol. The van der Waals surface area contributed by atoms with Crippen molar-refractivity contribution in [1.29, 1.82) is 0 Å². The summed E-state index contributed by atoms with van der Waals surface area (Å²) in [5.41, 5.74) is 5.48. The van der Waals surface area contributed by atoms with Gasteiger partial charge in [0.25, 0.3) is 0 Å². The summed E-state index contributed by atoms with van der Waals surface area (Å²) < 4.78 is 0. The van der Waals surface area contributed by atoms with Crippen molar-refractivity contribution in [2.45, 2.75) is 109 Å². The van der Waals surface area contributed by atoms with Crippen molar-refractivity contribution in [3.63, 3.8) is 0 Å². The maximum absolute atomic E-state index is 10.6. The van der Waals surface area contributed by atoms with Gasteiger partial charge in [-0.15, -0.1) is 0 Å². The highest BCUT2D eigenvalue weighted by molar-refractivity contribution is 7.99. The van der Waals surface area contributed by atoms with E-state index >= 15 is 0 Å². The number of thioether (sulfide) groups is 1. The summed E-state index contributed by atoms with van der Waals surface area (Å²) in [6.07, 6.45) is 19.2. The molecule has 144 valence electrons. The molecular weight excluding hydrogens is 318 g/mol. The minimum Gasteiger partial charge on any atom is -0.480 e. The summed E-state index contributed by atoms with van der Waals surface area (Å²) in [5, 5.41) is 8.69. The maximum atomic E-state index is 10.6. The SMILES string of the molecule is CCCCCCCCCCCCSCCCCCCC(N)C(=O)O. The van der Waals surface area contributed by atoms with Crippen LogP contribution in [0.15, 0.2) is 0 Å². The molecule has 0 heterocycles. The molecule has 0 bridgehead atoms. The van der Waals surface area contributed by atoms with Crippen molar-refractivity contribution in [3.05, 3.63) is 0 Å². The third-order valence-electron chi connectivity index (χ3n) is 4.51. The Balaban J connectivity index is 3.04. The number of carboxylic acids is 1. The zero-order valence-corrected chi connectivity index (χ0v) is 16.8. The molecule has 0 saturated heterocycles. The Bertz CT molecular complexity index is 274. The number of aliphatic carboxylic acids is 1. The van der Waals surface area contributed by atoms with Gasteiger partial charge in [-0.25, -0.2) is 0 Å². The largest absolute Gasteiger partial charge is 0.480 e. The van der Waals surface area contributed by atoms with Crippen molar-refractivity contribution in [3.8, 4) is 0 Å². The molecule has 0 radical (unpaired) electrons. The van der Waals surface area contributed by atoms with Crippen LogP contribution in [0.5, 0.6) is 0 Å². The Morgan fingerprint density at radius 3 is 1.67 bits per heavy atom. The van der Waals surface area contributed by atoms with Crippen molar-refractivity contribution in [2.75, 3.05) is 11.5 Å². The molecule has 0 amide bonds. The molecular formula is C20H41NO2S. The molecule has 3 nitrogen and oxygen atoms in total. The van der Waals surface area contributed by atoms with E-state index in [4.69, 9.17) is 10.8 Å². The lowest BCUT2D eigenvalue weighted by Gasteiger charge is -2.06. The first kappa shape index (κ1) is 23.8. The Labute approximate surface area is 154 Å². The summed E-state index contributed by atoms with van der Waals surface area (Å²) in [4.78, 5) is 10.6. The average molecular weight is 360 g/mol. The second-order valence-electron chi connectivity index (χ2n) is 6.94. The lowest BCUT2D eigenvalue weighted by atomic mass is 10.1. The topological polar surface area (TPSA) is 63.3 Å². The van der Waals surface area contributed by atoms with Crippen molar-refractivity contribution >= 4 is 17.7 Å². The van der Waals surface area contributed by atoms with Gasteiger partial charge in [-0.3, -0.25) is 4.79 Å². The van der Waals surface area contributed by atoms with Gasteiger partial charge in [-0.2, -0.15) is 11.8 Å². The quantitative estimate of drug-likeness (QED) is 0.277. The number of nitrogens with two attached hydrogens (primary N) is 1. The van der Waals surface area contributed by atoms with Crippen LogP contribution in [-0.4, -0.2) is 28.6 Å². The fraction of sp³-hybridized carbons (Fsp3) is 0.950. The lowest BCUT2D eigenvalue weighted by Crippen LogP contribution is -2.29. The third kappa shape index (κ3) is 18.1. The van der Waals surface area contributed by atoms with Crippen molar-refractivity contribution < 1.29 is 9.90 Å². The Hall–Kier alpha value is -0.220. The van der Waals surface area contributed by atoms with E-state index in [1.165, 1.54) is 88.6 Å². The summed E-state index contributed by atoms with van der Waals surface area (Å²) in [5.74, 6) is 1.69. The van der Waals surface area contributed by atoms with Gasteiger partial charge in [0.15, 0.2) is 0 Å². The van der Waals surface area contributed by atoms with E-state index in [1.807, 2.05) is 0 Å². The predicted octanol–water partition coefficient (Wildman–Crippen LogP) is 6.00. The second-order valence-corrected chi connectivity index (χ2v) is 8.17. The van der Waals surface area contributed by atoms with Crippen LogP contribution in [0.3, 0.4) is 0 Å². The van der Waals surface area contributed by atoms with Crippen LogP contribution in [-0.2, 0) is 4.79 Å². The number of unbranched alkanes of at least 4 members (excludes halogenated alkanes) is 12. The van der Waals surface area contributed by atoms with E-state index in [9.17, 15) is 4.79 Å². The van der Waals surface area contributed by atoms with Gasteiger partial charge < -0.3 is 10.8 Å². The van der Waals surface area contributed by atoms with Gasteiger partial charge in [-0.05, 0) is 30.8 Å². The van der Waals surface area contributed by atoms with Crippen LogP contribution in [0.25, 0.3) is 0 Å². The highest BCUT2D eigenvalue weighted by Crippen LogP contribution is 2.14. The molecule has 3 N–H and O–H groups in total. The third-order valence-corrected chi connectivity index (χ3v) is 5.67. The number of carboxylic acid groups (broad SMARTS) is 1. The Morgan fingerprint density at radius 2 is 1.21 bits per heavy atom. The molecule has 1 unspecified atom stereocenters. The first-order valence-electron chi connectivity index (χ1n) is 10.2. The Morgan fingerprint density at radius 1 is 0.792 bits per heavy atom. The number of rotatable bonds is 19. The molecule has 0 spiro atoms. The molecule has 0 aromatic rings. The van der Waals surface area contributed by atoms with E-state index < -0.39 is 12.0 Å². The standard InChI is InChI=1S/C20H41NO2S/c1-2-3-4-5-6-7-8-9-11-14-17-24-18-15-12-10-13-16-19(21)20(22)23/h19H,2-18,21H2,1H3,(H,22,23). The average Bonchev–Trinajstić information content (AvgIpc) is 2.57. The minimum atomic E-state index is -0.873. The summed E-state index contributed by atoms with van der Waals surface area (Å²) >= 11 is 2.08. The molecule has 0 fully saturated rings. The van der Waals surface area contributed by atoms with E-state index in [1.54, 1.807) is 0 Å². The van der Waals surface area contributed by atoms with Crippen LogP contribution in [0.4, 0.5) is 0 Å². The summed E-state index contributed by atoms with van der Waals surface area (Å²) in [6, 6.07) is -0.671. The number of hydrogen-bond acceptors (Lipinski definition) is 3. The van der Waals surface area contributed by atoms with E-state index in [-0.39, 0.29) is 0 Å². The molecule has 1 atom stereocenters.